The topological polar surface area (TPSA) is 52.3 Å². The molecule has 1 aliphatic rings. The van der Waals surface area contributed by atoms with Crippen LogP contribution in [0.2, 0.25) is 0 Å². The van der Waals surface area contributed by atoms with Crippen LogP contribution in [-0.2, 0) is 9.53 Å². The van der Waals surface area contributed by atoms with Gasteiger partial charge in [-0.3, -0.25) is 4.79 Å². The lowest BCUT2D eigenvalue weighted by Crippen LogP contribution is -2.33. The Hall–Kier alpha value is -0.570. The molecule has 1 fully saturated rings. The second kappa shape index (κ2) is 5.35. The van der Waals surface area contributed by atoms with Gasteiger partial charge in [0.15, 0.2) is 0 Å². The molecule has 0 heterocycles. The molecule has 0 aromatic rings. The van der Waals surface area contributed by atoms with Gasteiger partial charge in [0.2, 0.25) is 0 Å². The molecule has 0 atom stereocenters. The highest BCUT2D eigenvalue weighted by Crippen LogP contribution is 2.37. The molecule has 82 valence electrons. The summed E-state index contributed by atoms with van der Waals surface area (Å²) < 4.78 is 4.73. The van der Waals surface area contributed by atoms with E-state index in [0.717, 1.165) is 12.8 Å². The van der Waals surface area contributed by atoms with E-state index in [1.807, 2.05) is 0 Å². The maximum atomic E-state index is 11.3. The predicted molar refractivity (Wildman–Crippen MR) is 55.8 cm³/mol. The summed E-state index contributed by atoms with van der Waals surface area (Å²) in [7, 11) is 1.45. The molecule has 1 rings (SSSR count). The van der Waals surface area contributed by atoms with Gasteiger partial charge in [-0.05, 0) is 24.8 Å². The number of rotatable bonds is 3. The first kappa shape index (κ1) is 11.5. The minimum Gasteiger partial charge on any atom is -0.469 e. The molecule has 1 saturated carbocycles. The molecule has 0 aromatic heterocycles. The number of hydrogen-bond acceptors (Lipinski definition) is 3. The third-order valence-electron chi connectivity index (χ3n) is 3.34. The van der Waals surface area contributed by atoms with Gasteiger partial charge in [0.1, 0.15) is 0 Å². The highest BCUT2D eigenvalue weighted by Gasteiger charge is 2.32. The van der Waals surface area contributed by atoms with E-state index in [1.54, 1.807) is 0 Å². The summed E-state index contributed by atoms with van der Waals surface area (Å²) in [6, 6.07) is 0. The number of hydrogen-bond donors (Lipinski definition) is 1. The molecule has 3 nitrogen and oxygen atoms in total. The van der Waals surface area contributed by atoms with Crippen LogP contribution in [0.25, 0.3) is 0 Å². The molecule has 0 spiro atoms. The number of methoxy groups -OCH3 is 1. The Morgan fingerprint density at radius 2 is 1.86 bits per heavy atom. The lowest BCUT2D eigenvalue weighted by Gasteiger charge is -2.29. The van der Waals surface area contributed by atoms with E-state index in [9.17, 15) is 4.79 Å². The number of nitrogens with two attached hydrogens (primary N) is 1. The fraction of sp³-hybridized carbons (Fsp3) is 0.909. The standard InChI is InChI=1S/C11H21NO2/c1-14-10(13)8-11(9-12)6-4-2-3-5-7-11/h2-9,12H2,1H3. The summed E-state index contributed by atoms with van der Waals surface area (Å²) in [5, 5.41) is 0. The first-order valence-electron chi connectivity index (χ1n) is 5.49. The van der Waals surface area contributed by atoms with E-state index in [-0.39, 0.29) is 11.4 Å². The van der Waals surface area contributed by atoms with Crippen molar-refractivity contribution in [3.63, 3.8) is 0 Å². The Labute approximate surface area is 86.0 Å². The van der Waals surface area contributed by atoms with Crippen molar-refractivity contribution in [2.45, 2.75) is 44.9 Å². The molecule has 0 radical (unpaired) electrons. The lowest BCUT2D eigenvalue weighted by molar-refractivity contribution is -0.143. The van der Waals surface area contributed by atoms with Crippen molar-refractivity contribution < 1.29 is 9.53 Å². The van der Waals surface area contributed by atoms with E-state index in [2.05, 4.69) is 0 Å². The molecular weight excluding hydrogens is 178 g/mol. The summed E-state index contributed by atoms with van der Waals surface area (Å²) in [5.41, 5.74) is 5.83. The minimum absolute atomic E-state index is 0.0313. The van der Waals surface area contributed by atoms with Gasteiger partial charge in [0.25, 0.3) is 0 Å². The van der Waals surface area contributed by atoms with Crippen LogP contribution in [0.3, 0.4) is 0 Å². The molecule has 0 saturated heterocycles. The average Bonchev–Trinajstić information content (AvgIpc) is 2.44. The van der Waals surface area contributed by atoms with E-state index in [0.29, 0.717) is 13.0 Å². The molecule has 0 amide bonds. The largest absolute Gasteiger partial charge is 0.469 e. The predicted octanol–water partition coefficient (Wildman–Crippen LogP) is 1.85. The van der Waals surface area contributed by atoms with Gasteiger partial charge in [-0.15, -0.1) is 0 Å². The second-order valence-corrected chi connectivity index (χ2v) is 4.37. The fourth-order valence-corrected chi connectivity index (χ4v) is 2.31. The van der Waals surface area contributed by atoms with Gasteiger partial charge >= 0.3 is 5.97 Å². The molecule has 0 unspecified atom stereocenters. The van der Waals surface area contributed by atoms with Crippen molar-refractivity contribution in [1.29, 1.82) is 0 Å². The molecule has 14 heavy (non-hydrogen) atoms. The zero-order valence-corrected chi connectivity index (χ0v) is 9.05. The number of esters is 1. The van der Waals surface area contributed by atoms with Gasteiger partial charge in [0.05, 0.1) is 13.5 Å². The Morgan fingerprint density at radius 3 is 2.29 bits per heavy atom. The van der Waals surface area contributed by atoms with E-state index in [1.165, 1.54) is 32.8 Å². The Bertz CT molecular complexity index is 184. The molecular formula is C11H21NO2. The van der Waals surface area contributed by atoms with Crippen LogP contribution >= 0.6 is 0 Å². The zero-order valence-electron chi connectivity index (χ0n) is 9.05. The average molecular weight is 199 g/mol. The van der Waals surface area contributed by atoms with Crippen molar-refractivity contribution in [3.05, 3.63) is 0 Å². The minimum atomic E-state index is -0.114. The zero-order chi connectivity index (χ0) is 10.4. The molecule has 0 aromatic carbocycles. The monoisotopic (exact) mass is 199 g/mol. The van der Waals surface area contributed by atoms with Crippen molar-refractivity contribution in [2.24, 2.45) is 11.1 Å². The molecule has 1 aliphatic carbocycles. The number of carbonyl (C=O) groups is 1. The van der Waals surface area contributed by atoms with E-state index >= 15 is 0 Å². The quantitative estimate of drug-likeness (QED) is 0.557. The third kappa shape index (κ3) is 2.98. The normalized spacial score (nSPS) is 21.3. The first-order valence-corrected chi connectivity index (χ1v) is 5.49. The molecule has 2 N–H and O–H groups in total. The van der Waals surface area contributed by atoms with Crippen molar-refractivity contribution >= 4 is 5.97 Å². The summed E-state index contributed by atoms with van der Waals surface area (Å²) in [4.78, 5) is 11.3. The van der Waals surface area contributed by atoms with Crippen LogP contribution in [0.1, 0.15) is 44.9 Å². The third-order valence-corrected chi connectivity index (χ3v) is 3.34. The fourth-order valence-electron chi connectivity index (χ4n) is 2.31. The maximum absolute atomic E-state index is 11.3. The summed E-state index contributed by atoms with van der Waals surface area (Å²) in [6.07, 6.45) is 7.63. The van der Waals surface area contributed by atoms with Crippen LogP contribution in [0.4, 0.5) is 0 Å². The lowest BCUT2D eigenvalue weighted by atomic mass is 9.77. The van der Waals surface area contributed by atoms with Crippen LogP contribution in [0.15, 0.2) is 0 Å². The van der Waals surface area contributed by atoms with Gasteiger partial charge < -0.3 is 10.5 Å². The molecule has 0 bridgehead atoms. The summed E-state index contributed by atoms with van der Waals surface area (Å²) >= 11 is 0. The van der Waals surface area contributed by atoms with Crippen LogP contribution in [0.5, 0.6) is 0 Å². The number of ether oxygens (including phenoxy) is 1. The number of carbonyl (C=O) groups excluding carboxylic acids is 1. The SMILES string of the molecule is COC(=O)CC1(CN)CCCCCC1. The Balaban J connectivity index is 2.57. The highest BCUT2D eigenvalue weighted by atomic mass is 16.5. The summed E-state index contributed by atoms with van der Waals surface area (Å²) in [6.45, 7) is 0.613. The van der Waals surface area contributed by atoms with Gasteiger partial charge in [-0.1, -0.05) is 25.7 Å². The first-order chi connectivity index (χ1) is 6.72. The summed E-state index contributed by atoms with van der Waals surface area (Å²) in [5.74, 6) is -0.114. The van der Waals surface area contributed by atoms with Crippen molar-refractivity contribution in [2.75, 3.05) is 13.7 Å². The second-order valence-electron chi connectivity index (χ2n) is 4.37. The van der Waals surface area contributed by atoms with Crippen LogP contribution in [-0.4, -0.2) is 19.6 Å². The van der Waals surface area contributed by atoms with Crippen LogP contribution in [0, 0.1) is 5.41 Å². The van der Waals surface area contributed by atoms with E-state index in [4.69, 9.17) is 10.5 Å². The van der Waals surface area contributed by atoms with E-state index < -0.39 is 0 Å². The van der Waals surface area contributed by atoms with Gasteiger partial charge in [0, 0.05) is 0 Å². The smallest absolute Gasteiger partial charge is 0.306 e. The Morgan fingerprint density at radius 1 is 1.29 bits per heavy atom. The van der Waals surface area contributed by atoms with Crippen LogP contribution < -0.4 is 5.73 Å². The molecule has 3 heteroatoms. The maximum Gasteiger partial charge on any atom is 0.306 e. The van der Waals surface area contributed by atoms with Gasteiger partial charge in [-0.25, -0.2) is 0 Å². The Kier molecular flexibility index (Phi) is 4.39. The van der Waals surface area contributed by atoms with Crippen molar-refractivity contribution in [1.82, 2.24) is 0 Å². The van der Waals surface area contributed by atoms with Crippen molar-refractivity contribution in [3.8, 4) is 0 Å². The highest BCUT2D eigenvalue weighted by molar-refractivity contribution is 5.70. The molecule has 0 aliphatic heterocycles. The van der Waals surface area contributed by atoms with Gasteiger partial charge in [-0.2, -0.15) is 0 Å².